The van der Waals surface area contributed by atoms with E-state index >= 15 is 0 Å². The molecule has 0 amide bonds. The number of rotatable bonds is 6. The van der Waals surface area contributed by atoms with E-state index in [9.17, 15) is 28.8 Å². The van der Waals surface area contributed by atoms with Crippen LogP contribution in [0, 0.1) is 20.8 Å². The van der Waals surface area contributed by atoms with Gasteiger partial charge in [-0.15, -0.1) is 0 Å². The van der Waals surface area contributed by atoms with E-state index in [4.69, 9.17) is 0 Å². The van der Waals surface area contributed by atoms with Gasteiger partial charge in [-0.3, -0.25) is 0 Å². The Bertz CT molecular complexity index is 1720. The van der Waals surface area contributed by atoms with Crippen molar-refractivity contribution >= 4 is 35.3 Å². The van der Waals surface area contributed by atoms with E-state index in [1.807, 2.05) is 0 Å². The van der Waals surface area contributed by atoms with Gasteiger partial charge in [-0.25, -0.2) is 42.5 Å². The third-order valence-corrected chi connectivity index (χ3v) is 6.00. The zero-order chi connectivity index (χ0) is 28.3. The smallest absolute Gasteiger partial charge is 0.246 e. The van der Waals surface area contributed by atoms with E-state index < -0.39 is 17.1 Å². The molecule has 12 heteroatoms. The number of benzene rings is 3. The number of isocyanates is 3. The predicted octanol–water partition coefficient (Wildman–Crippen LogP) is 2.97. The van der Waals surface area contributed by atoms with Gasteiger partial charge in [0, 0.05) is 0 Å². The Kier molecular flexibility index (Phi) is 7.19. The van der Waals surface area contributed by atoms with Crippen molar-refractivity contribution in [3.8, 4) is 17.1 Å². The summed E-state index contributed by atoms with van der Waals surface area (Å²) in [5.74, 6) is 0. The molecule has 0 radical (unpaired) electrons. The molecule has 1 heterocycles. The third-order valence-electron chi connectivity index (χ3n) is 6.00. The van der Waals surface area contributed by atoms with Crippen molar-refractivity contribution in [2.45, 2.75) is 20.8 Å². The molecule has 4 rings (SSSR count). The van der Waals surface area contributed by atoms with Gasteiger partial charge in [-0.1, -0.05) is 18.2 Å². The molecule has 3 aromatic carbocycles. The van der Waals surface area contributed by atoms with Gasteiger partial charge in [0.1, 0.15) is 0 Å². The first-order valence-electron chi connectivity index (χ1n) is 11.3. The number of aromatic nitrogens is 3. The van der Waals surface area contributed by atoms with Crippen molar-refractivity contribution in [2.24, 2.45) is 15.0 Å². The van der Waals surface area contributed by atoms with E-state index in [-0.39, 0.29) is 34.1 Å². The molecule has 0 fully saturated rings. The van der Waals surface area contributed by atoms with Crippen molar-refractivity contribution in [3.05, 3.63) is 103 Å². The quantitative estimate of drug-likeness (QED) is 0.280. The lowest BCUT2D eigenvalue weighted by molar-refractivity contribution is 0.564. The van der Waals surface area contributed by atoms with Crippen molar-refractivity contribution in [3.63, 3.8) is 0 Å². The van der Waals surface area contributed by atoms with Gasteiger partial charge in [0.05, 0.1) is 34.1 Å². The van der Waals surface area contributed by atoms with Gasteiger partial charge in [-0.2, -0.15) is 15.0 Å². The van der Waals surface area contributed by atoms with E-state index in [1.54, 1.807) is 39.0 Å². The molecule has 0 aliphatic rings. The zero-order valence-corrected chi connectivity index (χ0v) is 20.8. The molecule has 0 aliphatic heterocycles. The van der Waals surface area contributed by atoms with Crippen LogP contribution in [0.2, 0.25) is 0 Å². The number of carbonyl (C=O) groups excluding carboxylic acids is 3. The summed E-state index contributed by atoms with van der Waals surface area (Å²) in [6.07, 6.45) is 4.29. The molecule has 192 valence electrons. The average Bonchev–Trinajstić information content (AvgIpc) is 2.90. The van der Waals surface area contributed by atoms with Crippen molar-refractivity contribution in [1.29, 1.82) is 0 Å². The van der Waals surface area contributed by atoms with Gasteiger partial charge in [0.2, 0.25) is 18.2 Å². The summed E-state index contributed by atoms with van der Waals surface area (Å²) in [6, 6.07) is 13.0. The lowest BCUT2D eigenvalue weighted by Crippen LogP contribution is -2.52. The van der Waals surface area contributed by atoms with Crippen LogP contribution in [-0.4, -0.2) is 31.9 Å². The van der Waals surface area contributed by atoms with Gasteiger partial charge in [-0.05, 0) is 73.9 Å². The number of aryl methyl sites for hydroxylation is 3. The fourth-order valence-corrected chi connectivity index (χ4v) is 3.93. The molecule has 39 heavy (non-hydrogen) atoms. The molecule has 0 aliphatic carbocycles. The van der Waals surface area contributed by atoms with Gasteiger partial charge < -0.3 is 0 Å². The van der Waals surface area contributed by atoms with Crippen molar-refractivity contribution in [1.82, 2.24) is 13.7 Å². The summed E-state index contributed by atoms with van der Waals surface area (Å²) < 4.78 is 2.20. The fourth-order valence-electron chi connectivity index (χ4n) is 3.93. The van der Waals surface area contributed by atoms with E-state index in [1.165, 1.54) is 54.6 Å². The van der Waals surface area contributed by atoms with Crippen LogP contribution in [0.15, 0.2) is 84.0 Å². The lowest BCUT2D eigenvalue weighted by Gasteiger charge is -2.16. The SMILES string of the molecule is Cc1ccc(-n2c(=O)n(-c3ccc(C)c(N=C=O)c3)c(=O)n(-c3ccc(C)c(N=C=O)c3)c2=O)cc1N=C=O. The monoisotopic (exact) mass is 522 g/mol. The summed E-state index contributed by atoms with van der Waals surface area (Å²) in [5.41, 5.74) is -0.832. The molecular weight excluding hydrogens is 504 g/mol. The normalized spacial score (nSPS) is 10.2. The van der Waals surface area contributed by atoms with Crippen molar-refractivity contribution in [2.75, 3.05) is 0 Å². The van der Waals surface area contributed by atoms with Crippen LogP contribution in [0.4, 0.5) is 17.1 Å². The van der Waals surface area contributed by atoms with Gasteiger partial charge in [0.15, 0.2) is 0 Å². The van der Waals surface area contributed by atoms with Gasteiger partial charge >= 0.3 is 17.1 Å². The minimum Gasteiger partial charge on any atom is -0.246 e. The first-order chi connectivity index (χ1) is 18.7. The molecular formula is C27H18N6O6. The highest BCUT2D eigenvalue weighted by atomic mass is 16.2. The second kappa shape index (κ2) is 10.7. The van der Waals surface area contributed by atoms with Crippen LogP contribution in [0.1, 0.15) is 16.7 Å². The summed E-state index contributed by atoms with van der Waals surface area (Å²) in [4.78, 5) is 84.9. The topological polar surface area (TPSA) is 154 Å². The summed E-state index contributed by atoms with van der Waals surface area (Å²) >= 11 is 0. The maximum absolute atomic E-state index is 13.8. The van der Waals surface area contributed by atoms with Crippen molar-refractivity contribution < 1.29 is 14.4 Å². The lowest BCUT2D eigenvalue weighted by atomic mass is 10.1. The molecule has 0 unspecified atom stereocenters. The highest BCUT2D eigenvalue weighted by molar-refractivity contribution is 5.60. The molecule has 0 saturated carbocycles. The Balaban J connectivity index is 2.19. The highest BCUT2D eigenvalue weighted by Crippen LogP contribution is 2.24. The Morgan fingerprint density at radius 1 is 0.487 bits per heavy atom. The first-order valence-corrected chi connectivity index (χ1v) is 11.3. The van der Waals surface area contributed by atoms with E-state index in [0.717, 1.165) is 13.7 Å². The first kappa shape index (κ1) is 26.3. The van der Waals surface area contributed by atoms with Crippen LogP contribution in [-0.2, 0) is 14.4 Å². The third kappa shape index (κ3) is 4.81. The Labute approximate surface area is 219 Å². The molecule has 1 aromatic heterocycles. The van der Waals surface area contributed by atoms with Gasteiger partial charge in [0.25, 0.3) is 0 Å². The molecule has 0 saturated heterocycles. The Morgan fingerprint density at radius 2 is 0.744 bits per heavy atom. The Morgan fingerprint density at radius 3 is 0.974 bits per heavy atom. The van der Waals surface area contributed by atoms with Crippen LogP contribution < -0.4 is 17.1 Å². The minimum atomic E-state index is -1.03. The molecule has 0 N–H and O–H groups in total. The largest absolute Gasteiger partial charge is 0.345 e. The molecule has 0 spiro atoms. The summed E-state index contributed by atoms with van der Waals surface area (Å²) in [5, 5.41) is 0. The van der Waals surface area contributed by atoms with Crippen LogP contribution in [0.3, 0.4) is 0 Å². The standard InChI is InChI=1S/C27H18N6O6/c1-16-4-7-19(10-22(16)28-13-34)31-25(37)32(20-8-5-17(2)23(11-20)29-14-35)27(39)33(26(31)38)21-9-6-18(3)24(12-21)30-15-36/h4-12H,1-3H3. The summed E-state index contributed by atoms with van der Waals surface area (Å²) in [6.45, 7) is 5.01. The minimum absolute atomic E-state index is 0.0172. The zero-order valence-electron chi connectivity index (χ0n) is 20.8. The molecule has 0 atom stereocenters. The number of aliphatic imine (C=N–C) groups is 3. The maximum Gasteiger partial charge on any atom is 0.345 e. The number of hydrogen-bond acceptors (Lipinski definition) is 9. The predicted molar refractivity (Wildman–Crippen MR) is 141 cm³/mol. The maximum atomic E-state index is 13.8. The second-order valence-corrected chi connectivity index (χ2v) is 8.38. The molecule has 4 aromatic rings. The number of hydrogen-bond donors (Lipinski definition) is 0. The van der Waals surface area contributed by atoms with Crippen LogP contribution >= 0.6 is 0 Å². The average molecular weight is 522 g/mol. The molecule has 0 bridgehead atoms. The van der Waals surface area contributed by atoms with E-state index in [0.29, 0.717) is 16.7 Å². The van der Waals surface area contributed by atoms with Crippen LogP contribution in [0.5, 0.6) is 0 Å². The second-order valence-electron chi connectivity index (χ2n) is 8.38. The number of nitrogens with zero attached hydrogens (tertiary/aromatic N) is 6. The van der Waals surface area contributed by atoms with E-state index in [2.05, 4.69) is 15.0 Å². The Hall–Kier alpha value is -5.79. The highest BCUT2D eigenvalue weighted by Gasteiger charge is 2.21. The summed E-state index contributed by atoms with van der Waals surface area (Å²) in [7, 11) is 0. The molecule has 12 nitrogen and oxygen atoms in total. The van der Waals surface area contributed by atoms with Crippen LogP contribution in [0.25, 0.3) is 17.1 Å². The fraction of sp³-hybridized carbons (Fsp3) is 0.111.